The van der Waals surface area contributed by atoms with E-state index < -0.39 is 0 Å². The van der Waals surface area contributed by atoms with Gasteiger partial charge in [0, 0.05) is 6.42 Å². The van der Waals surface area contributed by atoms with Crippen molar-refractivity contribution in [2.24, 2.45) is 0 Å². The van der Waals surface area contributed by atoms with Crippen LogP contribution in [-0.4, -0.2) is 0 Å². The first-order valence-corrected chi connectivity index (χ1v) is 4.67. The van der Waals surface area contributed by atoms with Crippen LogP contribution in [0, 0.1) is 11.8 Å². The molecular weight excluding hydrogens is 144 g/mol. The van der Waals surface area contributed by atoms with Crippen molar-refractivity contribution in [3.05, 3.63) is 24.8 Å². The molecule has 0 aromatic rings. The summed E-state index contributed by atoms with van der Waals surface area (Å²) in [4.78, 5) is 0. The minimum atomic E-state index is 1.03. The lowest BCUT2D eigenvalue weighted by Gasteiger charge is -1.91. The Bertz CT molecular complexity index is 176. The number of hydrogen-bond donors (Lipinski definition) is 0. The van der Waals surface area contributed by atoms with Crippen molar-refractivity contribution < 1.29 is 0 Å². The molecule has 0 aromatic heterocycles. The van der Waals surface area contributed by atoms with Crippen LogP contribution in [0.25, 0.3) is 0 Å². The van der Waals surface area contributed by atoms with Crippen molar-refractivity contribution >= 4 is 0 Å². The topological polar surface area (TPSA) is 0 Å². The summed E-state index contributed by atoms with van der Waals surface area (Å²) in [6.45, 7) is 5.79. The molecule has 0 aliphatic rings. The van der Waals surface area contributed by atoms with Crippen LogP contribution < -0.4 is 0 Å². The van der Waals surface area contributed by atoms with Crippen molar-refractivity contribution in [1.29, 1.82) is 0 Å². The van der Waals surface area contributed by atoms with Crippen molar-refractivity contribution in [3.63, 3.8) is 0 Å². The Morgan fingerprint density at radius 2 is 2.08 bits per heavy atom. The fraction of sp³-hybridized carbons (Fsp3) is 0.500. The van der Waals surface area contributed by atoms with E-state index in [1.54, 1.807) is 6.08 Å². The van der Waals surface area contributed by atoms with Crippen LogP contribution in [0.3, 0.4) is 0 Å². The molecule has 0 saturated carbocycles. The van der Waals surface area contributed by atoms with Gasteiger partial charge in [0.1, 0.15) is 0 Å². The van der Waals surface area contributed by atoms with E-state index in [-0.39, 0.29) is 0 Å². The molecule has 0 aromatic carbocycles. The fourth-order valence-electron chi connectivity index (χ4n) is 0.887. The third kappa shape index (κ3) is 9.04. The highest BCUT2D eigenvalue weighted by atomic mass is 13.9. The summed E-state index contributed by atoms with van der Waals surface area (Å²) in [6, 6.07) is 0. The van der Waals surface area contributed by atoms with Crippen LogP contribution in [0.5, 0.6) is 0 Å². The molecule has 0 saturated heterocycles. The molecule has 0 rings (SSSR count). The number of rotatable bonds is 5. The smallest absolute Gasteiger partial charge is 0.00922 e. The van der Waals surface area contributed by atoms with E-state index in [2.05, 4.69) is 25.3 Å². The van der Waals surface area contributed by atoms with E-state index in [1.807, 2.05) is 12.2 Å². The number of allylic oxidation sites excluding steroid dienone is 3. The maximum Gasteiger partial charge on any atom is 0.00922 e. The van der Waals surface area contributed by atoms with Crippen LogP contribution in [0.1, 0.15) is 39.0 Å². The summed E-state index contributed by atoms with van der Waals surface area (Å²) in [7, 11) is 0. The molecule has 0 bridgehead atoms. The number of unbranched alkanes of at least 4 members (excludes halogenated alkanes) is 4. The lowest BCUT2D eigenvalue weighted by molar-refractivity contribution is 0.679. The van der Waals surface area contributed by atoms with Gasteiger partial charge in [-0.3, -0.25) is 0 Å². The van der Waals surface area contributed by atoms with E-state index in [9.17, 15) is 0 Å². The minimum Gasteiger partial charge on any atom is -0.0990 e. The second kappa shape index (κ2) is 10.0. The normalized spacial score (nSPS) is 9.42. The monoisotopic (exact) mass is 162 g/mol. The first-order chi connectivity index (χ1) is 5.91. The van der Waals surface area contributed by atoms with Crippen LogP contribution in [0.15, 0.2) is 24.8 Å². The Labute approximate surface area is 76.4 Å². The molecule has 12 heavy (non-hydrogen) atoms. The lowest BCUT2D eigenvalue weighted by Crippen LogP contribution is -1.73. The van der Waals surface area contributed by atoms with Crippen LogP contribution in [0.2, 0.25) is 0 Å². The molecule has 0 amide bonds. The van der Waals surface area contributed by atoms with Gasteiger partial charge < -0.3 is 0 Å². The molecular formula is C12H18. The standard InChI is InChI=1S/C12H18/c1-3-5-7-9-11-12-10-8-6-4-2/h3,5,7H,1,4,6,8,10,12H2,2H3/b7-5+. The van der Waals surface area contributed by atoms with Crippen molar-refractivity contribution in [2.45, 2.75) is 39.0 Å². The van der Waals surface area contributed by atoms with E-state index in [0.717, 1.165) is 6.42 Å². The van der Waals surface area contributed by atoms with E-state index >= 15 is 0 Å². The van der Waals surface area contributed by atoms with Gasteiger partial charge in [-0.2, -0.15) is 0 Å². The maximum absolute atomic E-state index is 3.56. The molecule has 0 heterocycles. The second-order valence-corrected chi connectivity index (χ2v) is 2.73. The molecule has 0 aliphatic carbocycles. The lowest BCUT2D eigenvalue weighted by atomic mass is 10.2. The largest absolute Gasteiger partial charge is 0.0990 e. The van der Waals surface area contributed by atoms with Gasteiger partial charge in [-0.05, 0) is 12.5 Å². The quantitative estimate of drug-likeness (QED) is 0.328. The van der Waals surface area contributed by atoms with Gasteiger partial charge in [-0.25, -0.2) is 0 Å². The zero-order valence-electron chi connectivity index (χ0n) is 7.97. The summed E-state index contributed by atoms with van der Waals surface area (Å²) < 4.78 is 0. The van der Waals surface area contributed by atoms with Crippen LogP contribution in [-0.2, 0) is 0 Å². The predicted molar refractivity (Wildman–Crippen MR) is 55.9 cm³/mol. The average molecular weight is 162 g/mol. The van der Waals surface area contributed by atoms with Gasteiger partial charge in [0.05, 0.1) is 0 Å². The van der Waals surface area contributed by atoms with Gasteiger partial charge in [0.25, 0.3) is 0 Å². The molecule has 0 unspecified atom stereocenters. The van der Waals surface area contributed by atoms with Gasteiger partial charge in [-0.1, -0.05) is 56.8 Å². The predicted octanol–water partition coefficient (Wildman–Crippen LogP) is 3.70. The molecule has 0 radical (unpaired) electrons. The summed E-state index contributed by atoms with van der Waals surface area (Å²) in [5.41, 5.74) is 0. The summed E-state index contributed by atoms with van der Waals surface area (Å²) in [5.74, 6) is 6.06. The molecule has 0 heteroatoms. The highest BCUT2D eigenvalue weighted by Crippen LogP contribution is 2.00. The Balaban J connectivity index is 3.21. The second-order valence-electron chi connectivity index (χ2n) is 2.73. The zero-order valence-corrected chi connectivity index (χ0v) is 7.97. The fourth-order valence-corrected chi connectivity index (χ4v) is 0.887. The SMILES string of the molecule is C=C/C=C/C#CCCCCCC. The maximum atomic E-state index is 3.56. The molecule has 66 valence electrons. The Hall–Kier alpha value is -0.960. The molecule has 0 fully saturated rings. The van der Waals surface area contributed by atoms with Crippen molar-refractivity contribution in [2.75, 3.05) is 0 Å². The average Bonchev–Trinajstić information content (AvgIpc) is 2.10. The Morgan fingerprint density at radius 3 is 2.75 bits per heavy atom. The summed E-state index contributed by atoms with van der Waals surface area (Å²) in [6.07, 6.45) is 11.7. The Morgan fingerprint density at radius 1 is 1.25 bits per heavy atom. The minimum absolute atomic E-state index is 1.03. The van der Waals surface area contributed by atoms with Crippen molar-refractivity contribution in [3.8, 4) is 11.8 Å². The van der Waals surface area contributed by atoms with Gasteiger partial charge in [-0.15, -0.1) is 0 Å². The summed E-state index contributed by atoms with van der Waals surface area (Å²) in [5, 5.41) is 0. The highest BCUT2D eigenvalue weighted by Gasteiger charge is 1.82. The Kier molecular flexibility index (Phi) is 9.24. The van der Waals surface area contributed by atoms with Gasteiger partial charge in [0.2, 0.25) is 0 Å². The van der Waals surface area contributed by atoms with Crippen molar-refractivity contribution in [1.82, 2.24) is 0 Å². The first-order valence-electron chi connectivity index (χ1n) is 4.67. The third-order valence-corrected chi connectivity index (χ3v) is 1.57. The van der Waals surface area contributed by atoms with Gasteiger partial charge >= 0.3 is 0 Å². The first kappa shape index (κ1) is 11.0. The van der Waals surface area contributed by atoms with Crippen LogP contribution >= 0.6 is 0 Å². The number of hydrogen-bond acceptors (Lipinski definition) is 0. The molecule has 0 nitrogen and oxygen atoms in total. The van der Waals surface area contributed by atoms with E-state index in [0.29, 0.717) is 0 Å². The third-order valence-electron chi connectivity index (χ3n) is 1.57. The van der Waals surface area contributed by atoms with Crippen LogP contribution in [0.4, 0.5) is 0 Å². The molecule has 0 atom stereocenters. The molecule has 0 N–H and O–H groups in total. The van der Waals surface area contributed by atoms with E-state index in [1.165, 1.54) is 25.7 Å². The summed E-state index contributed by atoms with van der Waals surface area (Å²) >= 11 is 0. The zero-order chi connectivity index (χ0) is 9.07. The molecule has 0 spiro atoms. The highest BCUT2D eigenvalue weighted by molar-refractivity contribution is 5.18. The molecule has 0 aliphatic heterocycles. The van der Waals surface area contributed by atoms with Gasteiger partial charge in [0.15, 0.2) is 0 Å². The van der Waals surface area contributed by atoms with E-state index in [4.69, 9.17) is 0 Å².